The Morgan fingerprint density at radius 2 is 1.93 bits per heavy atom. The van der Waals surface area contributed by atoms with Crippen molar-refractivity contribution in [3.63, 3.8) is 0 Å². The molecule has 0 aromatic carbocycles. The summed E-state index contributed by atoms with van der Waals surface area (Å²) in [6.07, 6.45) is 7.97. The Bertz CT molecular complexity index is 139. The fourth-order valence-corrected chi connectivity index (χ4v) is 2.44. The van der Waals surface area contributed by atoms with Crippen molar-refractivity contribution in [3.8, 4) is 0 Å². The maximum Gasteiger partial charge on any atom is 0.0584 e. The lowest BCUT2D eigenvalue weighted by Crippen LogP contribution is -2.43. The quantitative estimate of drug-likeness (QED) is 0.712. The predicted molar refractivity (Wildman–Crippen MR) is 60.3 cm³/mol. The zero-order valence-corrected chi connectivity index (χ0v) is 9.63. The Hall–Kier alpha value is -0.0800. The van der Waals surface area contributed by atoms with Gasteiger partial charge in [-0.25, -0.2) is 0 Å². The van der Waals surface area contributed by atoms with E-state index in [4.69, 9.17) is 5.11 Å². The molecule has 1 saturated carbocycles. The van der Waals surface area contributed by atoms with Crippen LogP contribution in [0.25, 0.3) is 0 Å². The summed E-state index contributed by atoms with van der Waals surface area (Å²) < 4.78 is 0. The van der Waals surface area contributed by atoms with E-state index in [9.17, 15) is 0 Å². The molecule has 0 heterocycles. The van der Waals surface area contributed by atoms with E-state index < -0.39 is 0 Å². The monoisotopic (exact) mass is 199 g/mol. The van der Waals surface area contributed by atoms with Crippen molar-refractivity contribution in [2.45, 2.75) is 64.5 Å². The first-order valence-corrected chi connectivity index (χ1v) is 6.14. The minimum absolute atomic E-state index is 0.271. The second-order valence-electron chi connectivity index (χ2n) is 4.64. The Morgan fingerprint density at radius 1 is 1.29 bits per heavy atom. The highest BCUT2D eigenvalue weighted by atomic mass is 16.3. The number of hydrogen-bond acceptors (Lipinski definition) is 2. The van der Waals surface area contributed by atoms with E-state index in [2.05, 4.69) is 19.2 Å². The van der Waals surface area contributed by atoms with Crippen LogP contribution in [0.5, 0.6) is 0 Å². The van der Waals surface area contributed by atoms with Crippen LogP contribution in [-0.2, 0) is 0 Å². The highest BCUT2D eigenvalue weighted by Crippen LogP contribution is 2.26. The Labute approximate surface area is 88.1 Å². The largest absolute Gasteiger partial charge is 0.395 e. The number of aliphatic hydroxyl groups is 1. The third-order valence-corrected chi connectivity index (χ3v) is 3.57. The van der Waals surface area contributed by atoms with Crippen LogP contribution in [0.2, 0.25) is 0 Å². The summed E-state index contributed by atoms with van der Waals surface area (Å²) in [4.78, 5) is 0. The second-order valence-corrected chi connectivity index (χ2v) is 4.64. The molecular formula is C12H25NO. The van der Waals surface area contributed by atoms with E-state index in [0.717, 1.165) is 12.3 Å². The third kappa shape index (κ3) is 3.58. The summed E-state index contributed by atoms with van der Waals surface area (Å²) in [6, 6.07) is 0.874. The van der Waals surface area contributed by atoms with Gasteiger partial charge >= 0.3 is 0 Å². The maximum atomic E-state index is 9.11. The Balaban J connectivity index is 2.27. The van der Waals surface area contributed by atoms with Gasteiger partial charge in [-0.05, 0) is 32.1 Å². The molecule has 2 atom stereocenters. The number of hydrogen-bond donors (Lipinski definition) is 2. The highest BCUT2D eigenvalue weighted by molar-refractivity contribution is 4.78. The SMILES string of the molecule is CC[C@H](CO)N[C@@H](C)C1CCCCC1. The summed E-state index contributed by atoms with van der Waals surface area (Å²) in [5.74, 6) is 0.837. The summed E-state index contributed by atoms with van der Waals surface area (Å²) in [5, 5.41) is 12.6. The van der Waals surface area contributed by atoms with Crippen LogP contribution in [-0.4, -0.2) is 23.8 Å². The summed E-state index contributed by atoms with van der Waals surface area (Å²) in [6.45, 7) is 4.67. The van der Waals surface area contributed by atoms with Gasteiger partial charge in [0, 0.05) is 12.1 Å². The first-order valence-electron chi connectivity index (χ1n) is 6.14. The third-order valence-electron chi connectivity index (χ3n) is 3.57. The molecule has 1 fully saturated rings. The van der Waals surface area contributed by atoms with Crippen LogP contribution in [0.4, 0.5) is 0 Å². The van der Waals surface area contributed by atoms with E-state index in [1.807, 2.05) is 0 Å². The van der Waals surface area contributed by atoms with E-state index >= 15 is 0 Å². The van der Waals surface area contributed by atoms with Crippen LogP contribution in [0.3, 0.4) is 0 Å². The van der Waals surface area contributed by atoms with Gasteiger partial charge in [0.25, 0.3) is 0 Å². The van der Waals surface area contributed by atoms with Gasteiger partial charge in [-0.3, -0.25) is 0 Å². The van der Waals surface area contributed by atoms with Crippen molar-refractivity contribution >= 4 is 0 Å². The standard InChI is InChI=1S/C12H25NO/c1-3-12(9-14)13-10(2)11-7-5-4-6-8-11/h10-14H,3-9H2,1-2H3/t10-,12+/m0/s1. The first kappa shape index (κ1) is 12.0. The summed E-state index contributed by atoms with van der Waals surface area (Å²) in [7, 11) is 0. The molecule has 0 aromatic rings. The molecule has 0 amide bonds. The zero-order chi connectivity index (χ0) is 10.4. The van der Waals surface area contributed by atoms with Gasteiger partial charge in [0.1, 0.15) is 0 Å². The number of rotatable bonds is 5. The maximum absolute atomic E-state index is 9.11. The average molecular weight is 199 g/mol. The molecule has 2 nitrogen and oxygen atoms in total. The molecule has 2 heteroatoms. The van der Waals surface area contributed by atoms with Crippen molar-refractivity contribution in [2.24, 2.45) is 5.92 Å². The number of aliphatic hydroxyl groups excluding tert-OH is 1. The van der Waals surface area contributed by atoms with Crippen molar-refractivity contribution in [2.75, 3.05) is 6.61 Å². The van der Waals surface area contributed by atoms with Crippen molar-refractivity contribution < 1.29 is 5.11 Å². The minimum Gasteiger partial charge on any atom is -0.395 e. The average Bonchev–Trinajstić information content (AvgIpc) is 2.26. The second kappa shape index (κ2) is 6.41. The molecule has 0 aromatic heterocycles. The van der Waals surface area contributed by atoms with Crippen LogP contribution < -0.4 is 5.32 Å². The minimum atomic E-state index is 0.271. The van der Waals surface area contributed by atoms with Gasteiger partial charge in [0.15, 0.2) is 0 Å². The van der Waals surface area contributed by atoms with Gasteiger partial charge in [0.2, 0.25) is 0 Å². The number of nitrogens with one attached hydrogen (secondary N) is 1. The predicted octanol–water partition coefficient (Wildman–Crippen LogP) is 2.32. The Kier molecular flexibility index (Phi) is 5.49. The van der Waals surface area contributed by atoms with Gasteiger partial charge in [-0.15, -0.1) is 0 Å². The molecule has 14 heavy (non-hydrogen) atoms. The molecule has 0 saturated heterocycles. The molecule has 0 spiro atoms. The summed E-state index contributed by atoms with van der Waals surface area (Å²) in [5.41, 5.74) is 0. The highest BCUT2D eigenvalue weighted by Gasteiger charge is 2.21. The molecule has 2 N–H and O–H groups in total. The lowest BCUT2D eigenvalue weighted by Gasteiger charge is -2.31. The van der Waals surface area contributed by atoms with Crippen molar-refractivity contribution in [1.29, 1.82) is 0 Å². The smallest absolute Gasteiger partial charge is 0.0584 e. The van der Waals surface area contributed by atoms with Crippen LogP contribution in [0.1, 0.15) is 52.4 Å². The molecule has 0 unspecified atom stereocenters. The lowest BCUT2D eigenvalue weighted by molar-refractivity contribution is 0.200. The summed E-state index contributed by atoms with van der Waals surface area (Å²) >= 11 is 0. The van der Waals surface area contributed by atoms with Gasteiger partial charge < -0.3 is 10.4 Å². The molecule has 1 aliphatic rings. The molecule has 0 bridgehead atoms. The van der Waals surface area contributed by atoms with Gasteiger partial charge in [-0.1, -0.05) is 26.2 Å². The molecule has 1 aliphatic carbocycles. The fraction of sp³-hybridized carbons (Fsp3) is 1.00. The molecular weight excluding hydrogens is 174 g/mol. The van der Waals surface area contributed by atoms with E-state index in [1.165, 1.54) is 32.1 Å². The van der Waals surface area contributed by atoms with E-state index in [-0.39, 0.29) is 6.61 Å². The Morgan fingerprint density at radius 3 is 2.43 bits per heavy atom. The first-order chi connectivity index (χ1) is 6.77. The van der Waals surface area contributed by atoms with Crippen LogP contribution in [0.15, 0.2) is 0 Å². The van der Waals surface area contributed by atoms with E-state index in [1.54, 1.807) is 0 Å². The lowest BCUT2D eigenvalue weighted by atomic mass is 9.84. The molecule has 0 aliphatic heterocycles. The van der Waals surface area contributed by atoms with Gasteiger partial charge in [0.05, 0.1) is 6.61 Å². The van der Waals surface area contributed by atoms with Crippen molar-refractivity contribution in [3.05, 3.63) is 0 Å². The van der Waals surface area contributed by atoms with Crippen LogP contribution in [0, 0.1) is 5.92 Å². The molecule has 1 rings (SSSR count). The van der Waals surface area contributed by atoms with E-state index in [0.29, 0.717) is 12.1 Å². The normalized spacial score (nSPS) is 23.4. The van der Waals surface area contributed by atoms with Crippen LogP contribution >= 0.6 is 0 Å². The zero-order valence-electron chi connectivity index (χ0n) is 9.63. The van der Waals surface area contributed by atoms with Gasteiger partial charge in [-0.2, -0.15) is 0 Å². The fourth-order valence-electron chi connectivity index (χ4n) is 2.44. The van der Waals surface area contributed by atoms with Crippen molar-refractivity contribution in [1.82, 2.24) is 5.32 Å². The topological polar surface area (TPSA) is 32.3 Å². The molecule has 84 valence electrons. The molecule has 0 radical (unpaired) electrons.